The first-order valence-corrected chi connectivity index (χ1v) is 10.1. The van der Waals surface area contributed by atoms with Crippen LogP contribution in [0.5, 0.6) is 0 Å². The second kappa shape index (κ2) is 8.90. The van der Waals surface area contributed by atoms with Crippen molar-refractivity contribution in [1.82, 2.24) is 10.2 Å². The van der Waals surface area contributed by atoms with E-state index in [1.807, 2.05) is 30.3 Å². The highest BCUT2D eigenvalue weighted by Crippen LogP contribution is 2.22. The molecule has 0 atom stereocenters. The van der Waals surface area contributed by atoms with Crippen LogP contribution in [-0.4, -0.2) is 29.4 Å². The molecule has 3 rings (SSSR count). The minimum Gasteiger partial charge on any atom is -0.351 e. The highest BCUT2D eigenvalue weighted by molar-refractivity contribution is 6.30. The first-order valence-electron chi connectivity index (χ1n) is 9.74. The first-order chi connectivity index (χ1) is 12.9. The molecule has 1 aliphatic heterocycles. The number of carbonyl (C=O) groups excluding carboxylic acids is 1. The molecule has 0 saturated carbocycles. The van der Waals surface area contributed by atoms with Gasteiger partial charge in [0.05, 0.1) is 0 Å². The number of nitrogens with zero attached hydrogens (tertiary/aromatic N) is 1. The number of benzene rings is 2. The molecule has 1 amide bonds. The van der Waals surface area contributed by atoms with Crippen molar-refractivity contribution in [3.8, 4) is 0 Å². The van der Waals surface area contributed by atoms with Gasteiger partial charge in [-0.05, 0) is 69.5 Å². The molecule has 0 radical (unpaired) electrons. The minimum absolute atomic E-state index is 0.113. The van der Waals surface area contributed by atoms with E-state index in [9.17, 15) is 4.79 Å². The fourth-order valence-corrected chi connectivity index (χ4v) is 3.91. The van der Waals surface area contributed by atoms with Gasteiger partial charge in [-0.2, -0.15) is 0 Å². The second-order valence-electron chi connectivity index (χ2n) is 8.21. The standard InChI is InChI=1S/C23H29ClN2O/c1-23(2,16-18-6-4-3-5-7-18)25-22(27)20-12-14-26(15-13-20)17-19-8-10-21(24)11-9-19/h3-11,20H,12-17H2,1-2H3,(H,25,27). The fraction of sp³-hybridized carbons (Fsp3) is 0.435. The van der Waals surface area contributed by atoms with Crippen LogP contribution in [0.2, 0.25) is 5.02 Å². The number of hydrogen-bond acceptors (Lipinski definition) is 2. The number of halogens is 1. The number of likely N-dealkylation sites (tertiary alicyclic amines) is 1. The summed E-state index contributed by atoms with van der Waals surface area (Å²) < 4.78 is 0. The third-order valence-electron chi connectivity index (χ3n) is 5.23. The van der Waals surface area contributed by atoms with E-state index in [-0.39, 0.29) is 17.4 Å². The predicted molar refractivity (Wildman–Crippen MR) is 112 cm³/mol. The SMILES string of the molecule is CC(C)(Cc1ccccc1)NC(=O)C1CCN(Cc2ccc(Cl)cc2)CC1. The smallest absolute Gasteiger partial charge is 0.223 e. The predicted octanol–water partition coefficient (Wildman–Crippen LogP) is 4.69. The van der Waals surface area contributed by atoms with Gasteiger partial charge in [0.2, 0.25) is 5.91 Å². The van der Waals surface area contributed by atoms with E-state index < -0.39 is 0 Å². The Hall–Kier alpha value is -1.84. The van der Waals surface area contributed by atoms with Gasteiger partial charge in [0, 0.05) is 23.0 Å². The maximum absolute atomic E-state index is 12.8. The fourth-order valence-electron chi connectivity index (χ4n) is 3.79. The third-order valence-corrected chi connectivity index (χ3v) is 5.48. The van der Waals surface area contributed by atoms with Crippen LogP contribution in [0.3, 0.4) is 0 Å². The average Bonchev–Trinajstić information content (AvgIpc) is 2.64. The summed E-state index contributed by atoms with van der Waals surface area (Å²) in [5.41, 5.74) is 2.28. The lowest BCUT2D eigenvalue weighted by atomic mass is 9.91. The quantitative estimate of drug-likeness (QED) is 0.783. The number of amides is 1. The summed E-state index contributed by atoms with van der Waals surface area (Å²) >= 11 is 5.95. The summed E-state index contributed by atoms with van der Waals surface area (Å²) in [7, 11) is 0. The molecule has 1 fully saturated rings. The van der Waals surface area contributed by atoms with Crippen molar-refractivity contribution in [3.63, 3.8) is 0 Å². The molecule has 1 saturated heterocycles. The maximum Gasteiger partial charge on any atom is 0.223 e. The summed E-state index contributed by atoms with van der Waals surface area (Å²) in [6, 6.07) is 18.4. The minimum atomic E-state index is -0.237. The molecule has 0 aromatic heterocycles. The Morgan fingerprint density at radius 1 is 1.04 bits per heavy atom. The monoisotopic (exact) mass is 384 g/mol. The average molecular weight is 385 g/mol. The summed E-state index contributed by atoms with van der Waals surface area (Å²) in [6.07, 6.45) is 2.68. The summed E-state index contributed by atoms with van der Waals surface area (Å²) in [4.78, 5) is 15.2. The van der Waals surface area contributed by atoms with Crippen LogP contribution in [0.1, 0.15) is 37.8 Å². The van der Waals surface area contributed by atoms with Crippen molar-refractivity contribution in [1.29, 1.82) is 0 Å². The molecule has 3 nitrogen and oxygen atoms in total. The molecular formula is C23H29ClN2O. The van der Waals surface area contributed by atoms with Crippen LogP contribution >= 0.6 is 11.6 Å². The molecule has 0 unspecified atom stereocenters. The highest BCUT2D eigenvalue weighted by atomic mass is 35.5. The molecular weight excluding hydrogens is 356 g/mol. The van der Waals surface area contributed by atoms with Crippen molar-refractivity contribution in [2.75, 3.05) is 13.1 Å². The van der Waals surface area contributed by atoms with Crippen LogP contribution in [0.4, 0.5) is 0 Å². The second-order valence-corrected chi connectivity index (χ2v) is 8.65. The molecule has 144 valence electrons. The van der Waals surface area contributed by atoms with Crippen LogP contribution in [-0.2, 0) is 17.8 Å². The first kappa shape index (κ1) is 19.9. The lowest BCUT2D eigenvalue weighted by Crippen LogP contribution is -2.49. The van der Waals surface area contributed by atoms with E-state index in [0.717, 1.165) is 43.9 Å². The number of hydrogen-bond donors (Lipinski definition) is 1. The Bertz CT molecular complexity index is 735. The topological polar surface area (TPSA) is 32.3 Å². The van der Waals surface area contributed by atoms with E-state index in [4.69, 9.17) is 11.6 Å². The van der Waals surface area contributed by atoms with Gasteiger partial charge < -0.3 is 5.32 Å². The van der Waals surface area contributed by atoms with E-state index in [1.165, 1.54) is 11.1 Å². The largest absolute Gasteiger partial charge is 0.351 e. The summed E-state index contributed by atoms with van der Waals surface area (Å²) in [6.45, 7) is 7.05. The molecule has 1 aliphatic rings. The zero-order chi connectivity index (χ0) is 19.3. The Morgan fingerprint density at radius 3 is 2.30 bits per heavy atom. The van der Waals surface area contributed by atoms with Gasteiger partial charge in [0.15, 0.2) is 0 Å². The maximum atomic E-state index is 12.8. The van der Waals surface area contributed by atoms with Gasteiger partial charge in [-0.1, -0.05) is 54.1 Å². The Balaban J connectivity index is 1.47. The highest BCUT2D eigenvalue weighted by Gasteiger charge is 2.29. The zero-order valence-corrected chi connectivity index (χ0v) is 17.0. The van der Waals surface area contributed by atoms with Crippen LogP contribution in [0.15, 0.2) is 54.6 Å². The van der Waals surface area contributed by atoms with E-state index in [1.54, 1.807) is 0 Å². The molecule has 0 bridgehead atoms. The number of piperidine rings is 1. The van der Waals surface area contributed by atoms with Crippen molar-refractivity contribution >= 4 is 17.5 Å². The molecule has 0 aliphatic carbocycles. The van der Waals surface area contributed by atoms with Crippen LogP contribution in [0.25, 0.3) is 0 Å². The molecule has 0 spiro atoms. The summed E-state index contributed by atoms with van der Waals surface area (Å²) in [5, 5.41) is 4.04. The summed E-state index contributed by atoms with van der Waals surface area (Å²) in [5.74, 6) is 0.309. The molecule has 1 N–H and O–H groups in total. The zero-order valence-electron chi connectivity index (χ0n) is 16.2. The normalized spacial score (nSPS) is 16.3. The van der Waals surface area contributed by atoms with Gasteiger partial charge >= 0.3 is 0 Å². The molecule has 2 aromatic carbocycles. The molecule has 2 aromatic rings. The van der Waals surface area contributed by atoms with Gasteiger partial charge in [-0.15, -0.1) is 0 Å². The van der Waals surface area contributed by atoms with Crippen molar-refractivity contribution in [3.05, 3.63) is 70.7 Å². The van der Waals surface area contributed by atoms with Crippen molar-refractivity contribution in [2.24, 2.45) is 5.92 Å². The molecule has 27 heavy (non-hydrogen) atoms. The lowest BCUT2D eigenvalue weighted by molar-refractivity contribution is -0.128. The number of carbonyl (C=O) groups is 1. The van der Waals surface area contributed by atoms with Gasteiger partial charge in [0.25, 0.3) is 0 Å². The Kier molecular flexibility index (Phi) is 6.56. The van der Waals surface area contributed by atoms with Crippen LogP contribution < -0.4 is 5.32 Å². The Morgan fingerprint density at radius 2 is 1.67 bits per heavy atom. The van der Waals surface area contributed by atoms with Gasteiger partial charge in [0.1, 0.15) is 0 Å². The van der Waals surface area contributed by atoms with Crippen LogP contribution in [0, 0.1) is 5.92 Å². The number of rotatable bonds is 6. The Labute approximate surface area is 167 Å². The van der Waals surface area contributed by atoms with Gasteiger partial charge in [-0.3, -0.25) is 9.69 Å². The third kappa shape index (κ3) is 6.08. The van der Waals surface area contributed by atoms with Gasteiger partial charge in [-0.25, -0.2) is 0 Å². The van der Waals surface area contributed by atoms with Crippen molar-refractivity contribution < 1.29 is 4.79 Å². The molecule has 4 heteroatoms. The lowest BCUT2D eigenvalue weighted by Gasteiger charge is -2.34. The van der Waals surface area contributed by atoms with E-state index in [0.29, 0.717) is 0 Å². The van der Waals surface area contributed by atoms with E-state index in [2.05, 4.69) is 48.3 Å². The molecule has 1 heterocycles. The van der Waals surface area contributed by atoms with Crippen molar-refractivity contribution in [2.45, 2.75) is 45.2 Å². The number of nitrogens with one attached hydrogen (secondary N) is 1. The van der Waals surface area contributed by atoms with E-state index >= 15 is 0 Å².